The number of amides is 1. The Morgan fingerprint density at radius 2 is 1.78 bits per heavy atom. The van der Waals surface area contributed by atoms with E-state index in [4.69, 9.17) is 4.74 Å². The number of carbonyl (C=O) groups is 2. The minimum absolute atomic E-state index is 0.0656. The summed E-state index contributed by atoms with van der Waals surface area (Å²) >= 11 is 1.03. The Balaban J connectivity index is 1.80. The molecule has 2 rings (SSSR count). The number of ether oxygens (including phenoxy) is 1. The lowest BCUT2D eigenvalue weighted by molar-refractivity contribution is -0.150. The maximum atomic E-state index is 13.4. The summed E-state index contributed by atoms with van der Waals surface area (Å²) in [6.45, 7) is 1.49. The van der Waals surface area contributed by atoms with Crippen molar-refractivity contribution in [1.82, 2.24) is 0 Å². The fourth-order valence-corrected chi connectivity index (χ4v) is 2.47. The topological polar surface area (TPSA) is 55.4 Å². The Hall–Kier alpha value is -2.34. The van der Waals surface area contributed by atoms with Crippen molar-refractivity contribution in [2.75, 3.05) is 11.1 Å². The number of nitrogens with one attached hydrogen (secondary N) is 1. The summed E-state index contributed by atoms with van der Waals surface area (Å²) in [5.74, 6) is -1.45. The van der Waals surface area contributed by atoms with E-state index in [0.29, 0.717) is 10.6 Å². The van der Waals surface area contributed by atoms with E-state index in [1.807, 2.05) is 6.07 Å². The second kappa shape index (κ2) is 8.33. The zero-order valence-electron chi connectivity index (χ0n) is 12.5. The first-order chi connectivity index (χ1) is 11.1. The third-order valence-electron chi connectivity index (χ3n) is 2.90. The fraction of sp³-hybridized carbons (Fsp3) is 0.176. The maximum absolute atomic E-state index is 13.4. The van der Waals surface area contributed by atoms with E-state index in [-0.39, 0.29) is 11.6 Å². The molecule has 2 aromatic rings. The van der Waals surface area contributed by atoms with Gasteiger partial charge in [-0.25, -0.2) is 4.39 Å². The lowest BCUT2D eigenvalue weighted by Crippen LogP contribution is -2.30. The highest BCUT2D eigenvalue weighted by atomic mass is 32.2. The van der Waals surface area contributed by atoms with Crippen LogP contribution in [0.4, 0.5) is 10.1 Å². The molecule has 1 atom stereocenters. The smallest absolute Gasteiger partial charge is 0.317 e. The van der Waals surface area contributed by atoms with Crippen LogP contribution in [-0.2, 0) is 14.3 Å². The van der Waals surface area contributed by atoms with Gasteiger partial charge in [0.05, 0.1) is 5.75 Å². The van der Waals surface area contributed by atoms with Crippen molar-refractivity contribution < 1.29 is 18.7 Å². The number of esters is 1. The monoisotopic (exact) mass is 333 g/mol. The predicted octanol–water partition coefficient (Wildman–Crippen LogP) is 3.49. The van der Waals surface area contributed by atoms with Crippen LogP contribution in [0, 0.1) is 5.82 Å². The highest BCUT2D eigenvalue weighted by Crippen LogP contribution is 2.21. The van der Waals surface area contributed by atoms with Gasteiger partial charge in [0, 0.05) is 10.6 Å². The maximum Gasteiger partial charge on any atom is 0.317 e. The van der Waals surface area contributed by atoms with E-state index in [9.17, 15) is 14.0 Å². The molecule has 120 valence electrons. The molecule has 6 heteroatoms. The van der Waals surface area contributed by atoms with E-state index in [0.717, 1.165) is 11.8 Å². The molecule has 0 aliphatic rings. The van der Waals surface area contributed by atoms with Gasteiger partial charge in [0.2, 0.25) is 0 Å². The molecule has 23 heavy (non-hydrogen) atoms. The molecule has 0 radical (unpaired) electrons. The molecule has 0 heterocycles. The quantitative estimate of drug-likeness (QED) is 0.649. The number of thioether (sulfide) groups is 1. The van der Waals surface area contributed by atoms with Gasteiger partial charge in [-0.2, -0.15) is 0 Å². The zero-order valence-corrected chi connectivity index (χ0v) is 13.3. The lowest BCUT2D eigenvalue weighted by atomic mass is 10.3. The van der Waals surface area contributed by atoms with E-state index < -0.39 is 18.0 Å². The summed E-state index contributed by atoms with van der Waals surface area (Å²) in [5, 5.41) is 2.65. The first-order valence-corrected chi connectivity index (χ1v) is 7.97. The molecule has 0 spiro atoms. The van der Waals surface area contributed by atoms with E-state index in [2.05, 4.69) is 5.32 Å². The molecule has 4 nitrogen and oxygen atoms in total. The standard InChI is InChI=1S/C17H16FNO3S/c1-12(17(21)19-13-7-3-2-4-8-13)22-16(20)11-23-15-10-6-5-9-14(15)18/h2-10,12H,11H2,1H3,(H,19,21)/t12-/m1/s1. The van der Waals surface area contributed by atoms with Crippen LogP contribution < -0.4 is 5.32 Å². The number of anilines is 1. The van der Waals surface area contributed by atoms with Gasteiger partial charge in [-0.05, 0) is 31.2 Å². The summed E-state index contributed by atoms with van der Waals surface area (Å²) in [5.41, 5.74) is 0.626. The fourth-order valence-electron chi connectivity index (χ4n) is 1.75. The zero-order chi connectivity index (χ0) is 16.7. The molecule has 0 aliphatic heterocycles. The Kier molecular flexibility index (Phi) is 6.17. The minimum atomic E-state index is -0.927. The Bertz CT molecular complexity index is 679. The highest BCUT2D eigenvalue weighted by Gasteiger charge is 2.18. The average Bonchev–Trinajstić information content (AvgIpc) is 2.55. The normalized spacial score (nSPS) is 11.6. The molecular formula is C17H16FNO3S. The first kappa shape index (κ1) is 17.0. The molecule has 2 aromatic carbocycles. The third kappa shape index (κ3) is 5.41. The molecule has 0 aliphatic carbocycles. The third-order valence-corrected chi connectivity index (χ3v) is 3.92. The van der Waals surface area contributed by atoms with Gasteiger partial charge in [0.15, 0.2) is 6.10 Å². The van der Waals surface area contributed by atoms with Crippen LogP contribution in [0.1, 0.15) is 6.92 Å². The van der Waals surface area contributed by atoms with Crippen LogP contribution in [0.3, 0.4) is 0 Å². The summed E-state index contributed by atoms with van der Waals surface area (Å²) in [7, 11) is 0. The van der Waals surface area contributed by atoms with E-state index in [1.54, 1.807) is 42.5 Å². The predicted molar refractivity (Wildman–Crippen MR) is 87.7 cm³/mol. The molecule has 1 amide bonds. The minimum Gasteiger partial charge on any atom is -0.452 e. The number of hydrogen-bond donors (Lipinski definition) is 1. The second-order valence-corrected chi connectivity index (χ2v) is 5.72. The van der Waals surface area contributed by atoms with Crippen molar-refractivity contribution in [1.29, 1.82) is 0 Å². The van der Waals surface area contributed by atoms with Gasteiger partial charge in [0.1, 0.15) is 5.82 Å². The van der Waals surface area contributed by atoms with Crippen LogP contribution in [-0.4, -0.2) is 23.7 Å². The van der Waals surface area contributed by atoms with Crippen LogP contribution in [0.25, 0.3) is 0 Å². The Labute approximate surface area is 138 Å². The molecule has 0 unspecified atom stereocenters. The number of halogens is 1. The molecule has 1 N–H and O–H groups in total. The van der Waals surface area contributed by atoms with Crippen LogP contribution >= 0.6 is 11.8 Å². The van der Waals surface area contributed by atoms with Crippen molar-refractivity contribution in [3.63, 3.8) is 0 Å². The van der Waals surface area contributed by atoms with Crippen LogP contribution in [0.5, 0.6) is 0 Å². The van der Waals surface area contributed by atoms with Gasteiger partial charge in [-0.1, -0.05) is 30.3 Å². The van der Waals surface area contributed by atoms with Crippen LogP contribution in [0.2, 0.25) is 0 Å². The number of hydrogen-bond acceptors (Lipinski definition) is 4. The second-order valence-electron chi connectivity index (χ2n) is 4.71. The number of benzene rings is 2. The number of para-hydroxylation sites is 1. The summed E-state index contributed by atoms with van der Waals surface area (Å²) < 4.78 is 18.5. The molecular weight excluding hydrogens is 317 g/mol. The van der Waals surface area contributed by atoms with E-state index in [1.165, 1.54) is 13.0 Å². The molecule has 0 saturated heterocycles. The van der Waals surface area contributed by atoms with Crippen molar-refractivity contribution in [2.45, 2.75) is 17.9 Å². The number of rotatable bonds is 6. The molecule has 0 saturated carbocycles. The van der Waals surface area contributed by atoms with Crippen molar-refractivity contribution in [2.24, 2.45) is 0 Å². The molecule has 0 bridgehead atoms. The Morgan fingerprint density at radius 3 is 2.48 bits per heavy atom. The van der Waals surface area contributed by atoms with Crippen molar-refractivity contribution in [3.05, 3.63) is 60.4 Å². The average molecular weight is 333 g/mol. The van der Waals surface area contributed by atoms with Gasteiger partial charge in [-0.3, -0.25) is 9.59 Å². The SMILES string of the molecule is C[C@@H](OC(=O)CSc1ccccc1F)C(=O)Nc1ccccc1. The number of carbonyl (C=O) groups excluding carboxylic acids is 2. The summed E-state index contributed by atoms with van der Waals surface area (Å²) in [6.07, 6.45) is -0.927. The summed E-state index contributed by atoms with van der Waals surface area (Å²) in [4.78, 5) is 24.0. The van der Waals surface area contributed by atoms with Crippen molar-refractivity contribution >= 4 is 29.3 Å². The lowest BCUT2D eigenvalue weighted by Gasteiger charge is -2.13. The van der Waals surface area contributed by atoms with Crippen LogP contribution in [0.15, 0.2) is 59.5 Å². The van der Waals surface area contributed by atoms with E-state index >= 15 is 0 Å². The largest absolute Gasteiger partial charge is 0.452 e. The van der Waals surface area contributed by atoms with Gasteiger partial charge < -0.3 is 10.1 Å². The Morgan fingerprint density at radius 1 is 1.13 bits per heavy atom. The van der Waals surface area contributed by atoms with Gasteiger partial charge in [-0.15, -0.1) is 11.8 Å². The van der Waals surface area contributed by atoms with Gasteiger partial charge in [0.25, 0.3) is 5.91 Å². The highest BCUT2D eigenvalue weighted by molar-refractivity contribution is 8.00. The van der Waals surface area contributed by atoms with Gasteiger partial charge >= 0.3 is 5.97 Å². The molecule has 0 aromatic heterocycles. The molecule has 0 fully saturated rings. The summed E-state index contributed by atoms with van der Waals surface area (Å²) in [6, 6.07) is 15.1. The van der Waals surface area contributed by atoms with Crippen molar-refractivity contribution in [3.8, 4) is 0 Å². The first-order valence-electron chi connectivity index (χ1n) is 6.99.